The van der Waals surface area contributed by atoms with Crippen molar-refractivity contribution in [2.45, 2.75) is 6.42 Å². The molecule has 8 heteroatoms. The maximum absolute atomic E-state index is 5.41. The molecule has 4 heterocycles. The highest BCUT2D eigenvalue weighted by Gasteiger charge is 2.17. The molecule has 1 aliphatic heterocycles. The third-order valence-electron chi connectivity index (χ3n) is 3.59. The van der Waals surface area contributed by atoms with Gasteiger partial charge in [-0.15, -0.1) is 15.3 Å². The summed E-state index contributed by atoms with van der Waals surface area (Å²) in [6.07, 6.45) is 2.24. The minimum Gasteiger partial charge on any atom is -0.462 e. The van der Waals surface area contributed by atoms with Crippen LogP contribution in [-0.2, 0) is 6.42 Å². The Morgan fingerprint density at radius 1 is 1.13 bits per heavy atom. The van der Waals surface area contributed by atoms with Gasteiger partial charge in [0.1, 0.15) is 0 Å². The van der Waals surface area contributed by atoms with E-state index in [9.17, 15) is 0 Å². The average molecular weight is 326 g/mol. The summed E-state index contributed by atoms with van der Waals surface area (Å²) in [5, 5.41) is 13.7. The van der Waals surface area contributed by atoms with E-state index in [0.29, 0.717) is 6.42 Å². The minimum atomic E-state index is 0.270. The van der Waals surface area contributed by atoms with E-state index >= 15 is 0 Å². The Balaban J connectivity index is 1.50. The third-order valence-corrected chi connectivity index (χ3v) is 4.50. The molecule has 1 aliphatic rings. The van der Waals surface area contributed by atoms with Gasteiger partial charge in [-0.05, 0) is 29.8 Å². The van der Waals surface area contributed by atoms with Gasteiger partial charge in [0, 0.05) is 6.42 Å². The van der Waals surface area contributed by atoms with E-state index < -0.39 is 0 Å². The Hall–Kier alpha value is -2.87. The first-order valence-electron chi connectivity index (χ1n) is 7.00. The molecular weight excluding hydrogens is 316 g/mol. The zero-order valence-electron chi connectivity index (χ0n) is 11.8. The molecule has 0 atom stereocenters. The lowest BCUT2D eigenvalue weighted by Gasteiger charge is -2.01. The fraction of sp³-hybridized carbons (Fsp3) is 0.133. The highest BCUT2D eigenvalue weighted by atomic mass is 32.1. The number of aromatic nitrogens is 4. The summed E-state index contributed by atoms with van der Waals surface area (Å²) in [5.41, 5.74) is 1.07. The topological polar surface area (TPSA) is 74.7 Å². The first kappa shape index (κ1) is 12.7. The molecule has 0 radical (unpaired) electrons. The van der Waals surface area contributed by atoms with E-state index in [2.05, 4.69) is 15.3 Å². The number of rotatable bonds is 3. The predicted molar refractivity (Wildman–Crippen MR) is 81.7 cm³/mol. The molecule has 114 valence electrons. The van der Waals surface area contributed by atoms with Crippen LogP contribution in [0.5, 0.6) is 11.5 Å². The second-order valence-electron chi connectivity index (χ2n) is 5.06. The Bertz CT molecular complexity index is 990. The van der Waals surface area contributed by atoms with Gasteiger partial charge < -0.3 is 13.9 Å². The summed E-state index contributed by atoms with van der Waals surface area (Å²) in [5.74, 6) is 3.04. The van der Waals surface area contributed by atoms with Crippen molar-refractivity contribution in [2.75, 3.05) is 6.79 Å². The molecule has 7 nitrogen and oxygen atoms in total. The highest BCUT2D eigenvalue weighted by molar-refractivity contribution is 7.19. The standard InChI is InChI=1S/C15H10N4O3S/c1-2-11(20-5-1)14-18-19-13(16-17-15(19)23-14)7-9-3-4-10-12(6-9)22-8-21-10/h1-6H,7-8H2. The predicted octanol–water partition coefficient (Wildman–Crippen LogP) is 2.77. The zero-order chi connectivity index (χ0) is 15.2. The summed E-state index contributed by atoms with van der Waals surface area (Å²) >= 11 is 1.45. The van der Waals surface area contributed by atoms with Gasteiger partial charge >= 0.3 is 0 Å². The number of ether oxygens (including phenoxy) is 2. The van der Waals surface area contributed by atoms with Crippen molar-refractivity contribution in [3.63, 3.8) is 0 Å². The molecule has 0 amide bonds. The first-order valence-corrected chi connectivity index (χ1v) is 7.82. The van der Waals surface area contributed by atoms with E-state index in [-0.39, 0.29) is 6.79 Å². The molecule has 23 heavy (non-hydrogen) atoms. The van der Waals surface area contributed by atoms with Crippen LogP contribution in [-0.4, -0.2) is 26.6 Å². The zero-order valence-corrected chi connectivity index (χ0v) is 12.6. The lowest BCUT2D eigenvalue weighted by atomic mass is 10.1. The molecule has 0 N–H and O–H groups in total. The van der Waals surface area contributed by atoms with Gasteiger partial charge in [-0.1, -0.05) is 17.4 Å². The van der Waals surface area contributed by atoms with Crippen molar-refractivity contribution in [1.29, 1.82) is 0 Å². The maximum Gasteiger partial charge on any atom is 0.235 e. The van der Waals surface area contributed by atoms with Crippen LogP contribution >= 0.6 is 11.3 Å². The van der Waals surface area contributed by atoms with Crippen molar-refractivity contribution in [3.05, 3.63) is 48.0 Å². The quantitative estimate of drug-likeness (QED) is 0.576. The van der Waals surface area contributed by atoms with Crippen LogP contribution in [0.2, 0.25) is 0 Å². The number of furan rings is 1. The van der Waals surface area contributed by atoms with Crippen LogP contribution in [0.25, 0.3) is 15.7 Å². The molecule has 5 rings (SSSR count). The Kier molecular flexibility index (Phi) is 2.65. The Morgan fingerprint density at radius 3 is 3.00 bits per heavy atom. The van der Waals surface area contributed by atoms with E-state index in [4.69, 9.17) is 13.9 Å². The number of benzene rings is 1. The van der Waals surface area contributed by atoms with Crippen LogP contribution in [0.1, 0.15) is 11.4 Å². The lowest BCUT2D eigenvalue weighted by molar-refractivity contribution is 0.174. The number of nitrogens with zero attached hydrogens (tertiary/aromatic N) is 4. The van der Waals surface area contributed by atoms with Gasteiger partial charge in [-0.3, -0.25) is 0 Å². The Labute approximate surface area is 134 Å². The molecule has 0 bridgehead atoms. The van der Waals surface area contributed by atoms with Gasteiger partial charge in [-0.2, -0.15) is 4.52 Å². The van der Waals surface area contributed by atoms with Crippen LogP contribution in [0, 0.1) is 0 Å². The van der Waals surface area contributed by atoms with Gasteiger partial charge in [0.05, 0.1) is 6.26 Å². The Morgan fingerprint density at radius 2 is 2.09 bits per heavy atom. The molecule has 3 aromatic heterocycles. The second-order valence-corrected chi connectivity index (χ2v) is 6.02. The fourth-order valence-corrected chi connectivity index (χ4v) is 3.33. The van der Waals surface area contributed by atoms with Crippen LogP contribution in [0.4, 0.5) is 0 Å². The van der Waals surface area contributed by atoms with E-state index in [0.717, 1.165) is 38.6 Å². The molecule has 0 saturated heterocycles. The van der Waals surface area contributed by atoms with Crippen molar-refractivity contribution in [2.24, 2.45) is 0 Å². The molecule has 0 aliphatic carbocycles. The van der Waals surface area contributed by atoms with Crippen molar-refractivity contribution in [3.8, 4) is 22.3 Å². The van der Waals surface area contributed by atoms with Gasteiger partial charge in [0.2, 0.25) is 11.8 Å². The van der Waals surface area contributed by atoms with Crippen LogP contribution < -0.4 is 9.47 Å². The second kappa shape index (κ2) is 4.82. The molecule has 4 aromatic rings. The summed E-state index contributed by atoms with van der Waals surface area (Å²) < 4.78 is 17.9. The van der Waals surface area contributed by atoms with Crippen LogP contribution in [0.3, 0.4) is 0 Å². The monoisotopic (exact) mass is 326 g/mol. The number of hydrogen-bond acceptors (Lipinski definition) is 7. The molecule has 0 saturated carbocycles. The maximum atomic E-state index is 5.41. The van der Waals surface area contributed by atoms with Crippen LogP contribution in [0.15, 0.2) is 41.0 Å². The van der Waals surface area contributed by atoms with Gasteiger partial charge in [-0.25, -0.2) is 0 Å². The fourth-order valence-electron chi connectivity index (χ4n) is 2.50. The SMILES string of the molecule is c1coc(-c2nn3c(Cc4ccc5c(c4)OCO5)nnc3s2)c1. The largest absolute Gasteiger partial charge is 0.462 e. The lowest BCUT2D eigenvalue weighted by Crippen LogP contribution is -1.97. The number of hydrogen-bond donors (Lipinski definition) is 0. The normalized spacial score (nSPS) is 13.0. The summed E-state index contributed by atoms with van der Waals surface area (Å²) in [6, 6.07) is 9.58. The summed E-state index contributed by atoms with van der Waals surface area (Å²) in [4.78, 5) is 0.743. The summed E-state index contributed by atoms with van der Waals surface area (Å²) in [7, 11) is 0. The molecule has 0 fully saturated rings. The molecule has 0 unspecified atom stereocenters. The number of fused-ring (bicyclic) bond motifs is 2. The molecular formula is C15H10N4O3S. The molecule has 0 spiro atoms. The highest BCUT2D eigenvalue weighted by Crippen LogP contribution is 2.33. The first-order chi connectivity index (χ1) is 11.4. The van der Waals surface area contributed by atoms with Gasteiger partial charge in [0.15, 0.2) is 28.1 Å². The third kappa shape index (κ3) is 2.07. The van der Waals surface area contributed by atoms with Gasteiger partial charge in [0.25, 0.3) is 0 Å². The van der Waals surface area contributed by atoms with E-state index in [1.807, 2.05) is 30.3 Å². The smallest absolute Gasteiger partial charge is 0.235 e. The minimum absolute atomic E-state index is 0.270. The summed E-state index contributed by atoms with van der Waals surface area (Å²) in [6.45, 7) is 0.270. The van der Waals surface area contributed by atoms with E-state index in [1.165, 1.54) is 11.3 Å². The van der Waals surface area contributed by atoms with Crippen molar-refractivity contribution < 1.29 is 13.9 Å². The van der Waals surface area contributed by atoms with Crippen molar-refractivity contribution in [1.82, 2.24) is 19.8 Å². The van der Waals surface area contributed by atoms with E-state index in [1.54, 1.807) is 10.8 Å². The average Bonchev–Trinajstić information content (AvgIpc) is 3.32. The molecule has 1 aromatic carbocycles. The van der Waals surface area contributed by atoms with Crippen molar-refractivity contribution >= 4 is 16.3 Å².